The zero-order chi connectivity index (χ0) is 20.7. The van der Waals surface area contributed by atoms with E-state index in [0.717, 1.165) is 31.8 Å². The van der Waals surface area contributed by atoms with Gasteiger partial charge in [-0.25, -0.2) is 9.59 Å². The number of benzene rings is 1. The Kier molecular flexibility index (Phi) is 8.26. The van der Waals surface area contributed by atoms with Gasteiger partial charge < -0.3 is 15.1 Å². The first kappa shape index (κ1) is 22.2. The summed E-state index contributed by atoms with van der Waals surface area (Å²) in [6.07, 6.45) is 4.88. The van der Waals surface area contributed by atoms with Crippen molar-refractivity contribution in [1.82, 2.24) is 9.80 Å². The van der Waals surface area contributed by atoms with Gasteiger partial charge in [-0.1, -0.05) is 24.6 Å². The van der Waals surface area contributed by atoms with Gasteiger partial charge in [-0.05, 0) is 56.3 Å². The van der Waals surface area contributed by atoms with Crippen LogP contribution in [0.3, 0.4) is 0 Å². The van der Waals surface area contributed by atoms with Gasteiger partial charge in [0.05, 0.1) is 0 Å². The van der Waals surface area contributed by atoms with E-state index in [1.165, 1.54) is 25.9 Å². The maximum absolute atomic E-state index is 12.5. The lowest BCUT2D eigenvalue weighted by atomic mass is 9.95. The predicted molar refractivity (Wildman–Crippen MR) is 106 cm³/mol. The monoisotopic (exact) mass is 410 g/mol. The maximum Gasteiger partial charge on any atom is 0.414 e. The first-order valence-electron chi connectivity index (χ1n) is 9.53. The number of hydrogen-bond donors (Lipinski definition) is 2. The fourth-order valence-corrected chi connectivity index (χ4v) is 3.99. The third kappa shape index (κ3) is 6.49. The minimum absolute atomic E-state index is 0.118. The molecule has 1 amide bonds. The van der Waals surface area contributed by atoms with Crippen molar-refractivity contribution in [1.29, 1.82) is 0 Å². The number of piperidine rings is 2. The Morgan fingerprint density at radius 2 is 1.68 bits per heavy atom. The topological polar surface area (TPSA) is 98.2 Å². The van der Waals surface area contributed by atoms with Crippen LogP contribution in [0.1, 0.15) is 43.0 Å². The van der Waals surface area contributed by atoms with Gasteiger partial charge >= 0.3 is 11.9 Å². The Balaban J connectivity index is 0.000000409. The molecule has 28 heavy (non-hydrogen) atoms. The van der Waals surface area contributed by atoms with Gasteiger partial charge in [-0.2, -0.15) is 0 Å². The number of carbonyl (C=O) groups is 3. The minimum atomic E-state index is -1.82. The second-order valence-electron chi connectivity index (χ2n) is 7.39. The minimum Gasteiger partial charge on any atom is -0.473 e. The predicted octanol–water partition coefficient (Wildman–Crippen LogP) is 2.83. The lowest BCUT2D eigenvalue weighted by molar-refractivity contribution is -0.159. The highest BCUT2D eigenvalue weighted by molar-refractivity contribution is 6.31. The molecule has 2 N–H and O–H groups in total. The van der Waals surface area contributed by atoms with Crippen molar-refractivity contribution >= 4 is 29.4 Å². The third-order valence-electron chi connectivity index (χ3n) is 5.21. The quantitative estimate of drug-likeness (QED) is 0.727. The molecule has 8 heteroatoms. The molecule has 1 atom stereocenters. The van der Waals surface area contributed by atoms with Crippen LogP contribution in [0.15, 0.2) is 24.3 Å². The van der Waals surface area contributed by atoms with Crippen molar-refractivity contribution in [3.63, 3.8) is 0 Å². The highest BCUT2D eigenvalue weighted by Crippen LogP contribution is 2.24. The molecule has 0 aliphatic carbocycles. The lowest BCUT2D eigenvalue weighted by Crippen LogP contribution is -2.49. The van der Waals surface area contributed by atoms with E-state index >= 15 is 0 Å². The van der Waals surface area contributed by atoms with E-state index in [-0.39, 0.29) is 5.91 Å². The SMILES string of the molecule is CC1CCCN(C2CCN(C(=O)c3cccc(Cl)c3)CC2)C1.O=C(O)C(=O)O. The lowest BCUT2D eigenvalue weighted by Gasteiger charge is -2.41. The van der Waals surface area contributed by atoms with Gasteiger partial charge in [0.25, 0.3) is 5.91 Å². The summed E-state index contributed by atoms with van der Waals surface area (Å²) < 4.78 is 0. The average molecular weight is 411 g/mol. The first-order valence-corrected chi connectivity index (χ1v) is 9.90. The fourth-order valence-electron chi connectivity index (χ4n) is 3.80. The first-order chi connectivity index (χ1) is 13.3. The molecule has 1 aromatic carbocycles. The molecule has 1 unspecified atom stereocenters. The summed E-state index contributed by atoms with van der Waals surface area (Å²) in [5.41, 5.74) is 0.706. The van der Waals surface area contributed by atoms with E-state index in [1.807, 2.05) is 23.1 Å². The summed E-state index contributed by atoms with van der Waals surface area (Å²) in [6.45, 7) is 6.54. The van der Waals surface area contributed by atoms with Gasteiger partial charge in [0.1, 0.15) is 0 Å². The molecule has 2 fully saturated rings. The molecule has 154 valence electrons. The molecule has 3 rings (SSSR count). The average Bonchev–Trinajstić information content (AvgIpc) is 2.68. The van der Waals surface area contributed by atoms with E-state index in [9.17, 15) is 4.79 Å². The number of likely N-dealkylation sites (tertiary alicyclic amines) is 2. The third-order valence-corrected chi connectivity index (χ3v) is 5.45. The second-order valence-corrected chi connectivity index (χ2v) is 7.82. The number of amides is 1. The number of carbonyl (C=O) groups excluding carboxylic acids is 1. The Bertz CT molecular complexity index is 692. The molecule has 0 bridgehead atoms. The van der Waals surface area contributed by atoms with Gasteiger partial charge in [-0.15, -0.1) is 0 Å². The molecule has 0 spiro atoms. The van der Waals surface area contributed by atoms with Crippen LogP contribution in [0.25, 0.3) is 0 Å². The molecule has 0 aromatic heterocycles. The Morgan fingerprint density at radius 3 is 2.21 bits per heavy atom. The molecular weight excluding hydrogens is 384 g/mol. The van der Waals surface area contributed by atoms with E-state index in [4.69, 9.17) is 31.4 Å². The molecule has 2 aliphatic heterocycles. The van der Waals surface area contributed by atoms with Crippen molar-refractivity contribution in [2.24, 2.45) is 5.92 Å². The Morgan fingerprint density at radius 1 is 1.04 bits per heavy atom. The highest BCUT2D eigenvalue weighted by Gasteiger charge is 2.29. The summed E-state index contributed by atoms with van der Waals surface area (Å²) in [5.74, 6) is -2.71. The van der Waals surface area contributed by atoms with E-state index in [0.29, 0.717) is 16.6 Å². The van der Waals surface area contributed by atoms with Gasteiger partial charge in [-0.3, -0.25) is 9.69 Å². The number of carboxylic acid groups (broad SMARTS) is 2. The largest absolute Gasteiger partial charge is 0.473 e. The summed E-state index contributed by atoms with van der Waals surface area (Å²) >= 11 is 5.99. The van der Waals surface area contributed by atoms with Gasteiger partial charge in [0, 0.05) is 36.3 Å². The van der Waals surface area contributed by atoms with Crippen LogP contribution >= 0.6 is 11.6 Å². The van der Waals surface area contributed by atoms with Crippen LogP contribution in [-0.4, -0.2) is 70.1 Å². The van der Waals surface area contributed by atoms with E-state index in [2.05, 4.69) is 11.8 Å². The normalized spacial score (nSPS) is 20.8. The molecule has 0 saturated carbocycles. The molecule has 2 aliphatic rings. The number of carboxylic acids is 2. The van der Waals surface area contributed by atoms with Crippen LogP contribution in [0.4, 0.5) is 0 Å². The number of aliphatic carboxylic acids is 2. The zero-order valence-corrected chi connectivity index (χ0v) is 16.8. The molecule has 7 nitrogen and oxygen atoms in total. The van der Waals surface area contributed by atoms with Crippen LogP contribution in [0.2, 0.25) is 5.02 Å². The van der Waals surface area contributed by atoms with Crippen molar-refractivity contribution in [2.45, 2.75) is 38.6 Å². The van der Waals surface area contributed by atoms with Crippen LogP contribution in [-0.2, 0) is 9.59 Å². The smallest absolute Gasteiger partial charge is 0.414 e. The van der Waals surface area contributed by atoms with Gasteiger partial charge in [0.2, 0.25) is 0 Å². The van der Waals surface area contributed by atoms with E-state index < -0.39 is 11.9 Å². The summed E-state index contributed by atoms with van der Waals surface area (Å²) in [4.78, 5) is 35.4. The fraction of sp³-hybridized carbons (Fsp3) is 0.550. The van der Waals surface area contributed by atoms with Crippen LogP contribution < -0.4 is 0 Å². The standard InChI is InChI=1S/C18H25ClN2O.C2H2O4/c1-14-4-3-9-21(13-14)17-7-10-20(11-8-17)18(22)15-5-2-6-16(19)12-15;3-1(4)2(5)6/h2,5-6,12,14,17H,3-4,7-11,13H2,1H3;(H,3,4)(H,5,6). The van der Waals surface area contributed by atoms with Crippen molar-refractivity contribution in [2.75, 3.05) is 26.2 Å². The molecule has 1 aromatic rings. The second kappa shape index (κ2) is 10.4. The summed E-state index contributed by atoms with van der Waals surface area (Å²) in [5, 5.41) is 15.4. The molecule has 2 heterocycles. The zero-order valence-electron chi connectivity index (χ0n) is 16.0. The Labute approximate surface area is 169 Å². The Hall–Kier alpha value is -2.12. The summed E-state index contributed by atoms with van der Waals surface area (Å²) in [7, 11) is 0. The number of rotatable bonds is 2. The maximum atomic E-state index is 12.5. The van der Waals surface area contributed by atoms with Crippen molar-refractivity contribution < 1.29 is 24.6 Å². The van der Waals surface area contributed by atoms with E-state index in [1.54, 1.807) is 6.07 Å². The summed E-state index contributed by atoms with van der Waals surface area (Å²) in [6, 6.07) is 7.93. The van der Waals surface area contributed by atoms with Gasteiger partial charge in [0.15, 0.2) is 0 Å². The van der Waals surface area contributed by atoms with Crippen molar-refractivity contribution in [3.8, 4) is 0 Å². The molecule has 0 radical (unpaired) electrons. The molecule has 2 saturated heterocycles. The molecular formula is C20H27ClN2O5. The highest BCUT2D eigenvalue weighted by atomic mass is 35.5. The van der Waals surface area contributed by atoms with Crippen LogP contribution in [0.5, 0.6) is 0 Å². The van der Waals surface area contributed by atoms with Crippen molar-refractivity contribution in [3.05, 3.63) is 34.9 Å². The number of halogens is 1. The number of nitrogens with zero attached hydrogens (tertiary/aromatic N) is 2. The number of hydrogen-bond acceptors (Lipinski definition) is 4. The van der Waals surface area contributed by atoms with Crippen LogP contribution in [0, 0.1) is 5.92 Å².